The number of hydrogen-bond acceptors (Lipinski definition) is 7. The maximum absolute atomic E-state index is 5.96. The van der Waals surface area contributed by atoms with Crippen molar-refractivity contribution in [1.29, 1.82) is 0 Å². The van der Waals surface area contributed by atoms with Gasteiger partial charge in [0.15, 0.2) is 11.6 Å². The Morgan fingerprint density at radius 3 is 2.55 bits per heavy atom. The SMILES string of the molecule is CN(C)CCOc1ccc2nc3c(nc2c1)N(CCN(C)C)CC1c2ccccc2CCN31. The van der Waals surface area contributed by atoms with E-state index in [1.807, 2.05) is 18.2 Å². The molecule has 0 N–H and O–H groups in total. The van der Waals surface area contributed by atoms with Gasteiger partial charge in [-0.05, 0) is 57.9 Å². The second kappa shape index (κ2) is 9.15. The van der Waals surface area contributed by atoms with E-state index in [1.54, 1.807) is 0 Å². The van der Waals surface area contributed by atoms with Crippen molar-refractivity contribution in [3.05, 3.63) is 53.6 Å². The van der Waals surface area contributed by atoms with Crippen LogP contribution in [0.4, 0.5) is 11.6 Å². The molecule has 0 saturated heterocycles. The number of ether oxygens (including phenoxy) is 1. The molecule has 1 aromatic heterocycles. The lowest BCUT2D eigenvalue weighted by Crippen LogP contribution is -2.49. The summed E-state index contributed by atoms with van der Waals surface area (Å²) in [5.41, 5.74) is 4.70. The number of aromatic nitrogens is 2. The summed E-state index contributed by atoms with van der Waals surface area (Å²) >= 11 is 0. The monoisotopic (exact) mass is 446 g/mol. The van der Waals surface area contributed by atoms with Gasteiger partial charge in [-0.3, -0.25) is 0 Å². The molecule has 174 valence electrons. The van der Waals surface area contributed by atoms with Crippen molar-refractivity contribution in [1.82, 2.24) is 19.8 Å². The van der Waals surface area contributed by atoms with Gasteiger partial charge < -0.3 is 24.3 Å². The minimum Gasteiger partial charge on any atom is -0.492 e. The maximum Gasteiger partial charge on any atom is 0.173 e. The fraction of sp³-hybridized carbons (Fsp3) is 0.462. The highest BCUT2D eigenvalue weighted by molar-refractivity contribution is 5.83. The number of likely N-dealkylation sites (N-methyl/N-ethyl adjacent to an activating group) is 2. The third-order valence-electron chi connectivity index (χ3n) is 6.60. The van der Waals surface area contributed by atoms with Gasteiger partial charge in [-0.1, -0.05) is 24.3 Å². The van der Waals surface area contributed by atoms with Crippen molar-refractivity contribution in [3.63, 3.8) is 0 Å². The summed E-state index contributed by atoms with van der Waals surface area (Å²) in [4.78, 5) is 19.5. The summed E-state index contributed by atoms with van der Waals surface area (Å²) in [6.45, 7) is 5.33. The molecule has 0 bridgehead atoms. The minimum absolute atomic E-state index is 0.310. The third kappa shape index (κ3) is 4.48. The first-order valence-electron chi connectivity index (χ1n) is 11.8. The first-order chi connectivity index (χ1) is 16.0. The zero-order chi connectivity index (χ0) is 22.9. The van der Waals surface area contributed by atoms with Crippen LogP contribution >= 0.6 is 0 Å². The predicted molar refractivity (Wildman–Crippen MR) is 135 cm³/mol. The quantitative estimate of drug-likeness (QED) is 0.553. The molecule has 2 aliphatic heterocycles. The van der Waals surface area contributed by atoms with Crippen molar-refractivity contribution in [3.8, 4) is 5.75 Å². The van der Waals surface area contributed by atoms with Crippen molar-refractivity contribution < 1.29 is 4.74 Å². The lowest BCUT2D eigenvalue weighted by atomic mass is 9.91. The predicted octanol–water partition coefficient (Wildman–Crippen LogP) is 3.06. The van der Waals surface area contributed by atoms with Crippen LogP contribution in [0, 0.1) is 0 Å². The Bertz CT molecular complexity index is 1130. The van der Waals surface area contributed by atoms with Gasteiger partial charge in [0, 0.05) is 38.8 Å². The Balaban J connectivity index is 1.52. The largest absolute Gasteiger partial charge is 0.492 e. The molecule has 0 aliphatic carbocycles. The van der Waals surface area contributed by atoms with E-state index < -0.39 is 0 Å². The van der Waals surface area contributed by atoms with Crippen molar-refractivity contribution in [2.24, 2.45) is 0 Å². The molecule has 1 atom stereocenters. The zero-order valence-electron chi connectivity index (χ0n) is 20.2. The Labute approximate surface area is 196 Å². The van der Waals surface area contributed by atoms with E-state index in [2.05, 4.69) is 72.1 Å². The van der Waals surface area contributed by atoms with E-state index in [0.29, 0.717) is 12.6 Å². The number of rotatable bonds is 7. The molecular weight excluding hydrogens is 412 g/mol. The number of nitrogens with zero attached hydrogens (tertiary/aromatic N) is 6. The van der Waals surface area contributed by atoms with Gasteiger partial charge in [0.25, 0.3) is 0 Å². The van der Waals surface area contributed by atoms with Crippen molar-refractivity contribution in [2.45, 2.75) is 12.5 Å². The number of benzene rings is 2. The van der Waals surface area contributed by atoms with Gasteiger partial charge in [-0.2, -0.15) is 0 Å². The molecule has 7 nitrogen and oxygen atoms in total. The van der Waals surface area contributed by atoms with Crippen LogP contribution in [-0.2, 0) is 6.42 Å². The van der Waals surface area contributed by atoms with E-state index in [1.165, 1.54) is 11.1 Å². The van der Waals surface area contributed by atoms with E-state index in [0.717, 1.165) is 67.6 Å². The third-order valence-corrected chi connectivity index (χ3v) is 6.60. The van der Waals surface area contributed by atoms with Gasteiger partial charge in [-0.25, -0.2) is 9.97 Å². The second-order valence-electron chi connectivity index (χ2n) is 9.58. The molecule has 0 spiro atoms. The summed E-state index contributed by atoms with van der Waals surface area (Å²) in [7, 11) is 8.35. The fourth-order valence-corrected chi connectivity index (χ4v) is 4.77. The molecule has 0 amide bonds. The maximum atomic E-state index is 5.96. The van der Waals surface area contributed by atoms with Gasteiger partial charge >= 0.3 is 0 Å². The summed E-state index contributed by atoms with van der Waals surface area (Å²) in [6.07, 6.45) is 1.04. The number of fused-ring (bicyclic) bond motifs is 6. The molecule has 0 fully saturated rings. The molecule has 1 unspecified atom stereocenters. The number of anilines is 2. The Kier molecular flexibility index (Phi) is 6.08. The van der Waals surface area contributed by atoms with Crippen molar-refractivity contribution >= 4 is 22.7 Å². The minimum atomic E-state index is 0.310. The van der Waals surface area contributed by atoms with Crippen molar-refractivity contribution in [2.75, 3.05) is 77.3 Å². The molecule has 33 heavy (non-hydrogen) atoms. The van der Waals surface area contributed by atoms with E-state index >= 15 is 0 Å². The second-order valence-corrected chi connectivity index (χ2v) is 9.58. The van der Waals surface area contributed by atoms with Crippen LogP contribution in [0.5, 0.6) is 5.75 Å². The average Bonchev–Trinajstić information content (AvgIpc) is 2.81. The first kappa shape index (κ1) is 21.9. The molecule has 0 radical (unpaired) electrons. The first-order valence-corrected chi connectivity index (χ1v) is 11.8. The lowest BCUT2D eigenvalue weighted by molar-refractivity contribution is 0.261. The molecule has 5 rings (SSSR count). The van der Waals surface area contributed by atoms with Gasteiger partial charge in [0.2, 0.25) is 0 Å². The number of hydrogen-bond donors (Lipinski definition) is 0. The highest BCUT2D eigenvalue weighted by atomic mass is 16.5. The van der Waals surface area contributed by atoms with Crippen LogP contribution in [0.2, 0.25) is 0 Å². The molecule has 2 aromatic carbocycles. The summed E-state index contributed by atoms with van der Waals surface area (Å²) in [5.74, 6) is 2.85. The van der Waals surface area contributed by atoms with Gasteiger partial charge in [-0.15, -0.1) is 0 Å². The van der Waals surface area contributed by atoms with Crippen LogP contribution in [0.3, 0.4) is 0 Å². The zero-order valence-corrected chi connectivity index (χ0v) is 20.2. The van der Waals surface area contributed by atoms with Crippen LogP contribution in [0.1, 0.15) is 17.2 Å². The topological polar surface area (TPSA) is 48.0 Å². The smallest absolute Gasteiger partial charge is 0.173 e. The van der Waals surface area contributed by atoms with E-state index in [9.17, 15) is 0 Å². The molecule has 2 aliphatic rings. The summed E-state index contributed by atoms with van der Waals surface area (Å²) in [5, 5.41) is 0. The van der Waals surface area contributed by atoms with Gasteiger partial charge in [0.05, 0.1) is 17.1 Å². The summed E-state index contributed by atoms with van der Waals surface area (Å²) in [6, 6.07) is 15.3. The highest BCUT2D eigenvalue weighted by Gasteiger charge is 2.37. The normalized spacial score (nSPS) is 17.3. The van der Waals surface area contributed by atoms with Crippen LogP contribution < -0.4 is 14.5 Å². The Morgan fingerprint density at radius 2 is 1.73 bits per heavy atom. The summed E-state index contributed by atoms with van der Waals surface area (Å²) < 4.78 is 5.96. The average molecular weight is 447 g/mol. The molecule has 0 saturated carbocycles. The molecule has 3 aromatic rings. The van der Waals surface area contributed by atoms with E-state index in [-0.39, 0.29) is 0 Å². The molecule has 7 heteroatoms. The highest BCUT2D eigenvalue weighted by Crippen LogP contribution is 2.42. The van der Waals surface area contributed by atoms with E-state index in [4.69, 9.17) is 14.7 Å². The van der Waals surface area contributed by atoms with Crippen LogP contribution in [0.15, 0.2) is 42.5 Å². The Hall–Kier alpha value is -2.90. The van der Waals surface area contributed by atoms with Crippen LogP contribution in [0.25, 0.3) is 11.0 Å². The van der Waals surface area contributed by atoms with Crippen LogP contribution in [-0.4, -0.2) is 87.3 Å². The standard InChI is InChI=1S/C26H34N6O/c1-29(2)13-14-31-18-24-21-8-6-5-7-19(21)11-12-32(24)26-25(31)28-23-17-20(9-10-22(23)27-26)33-16-15-30(3)4/h5-10,17,24H,11-16,18H2,1-4H3. The van der Waals surface area contributed by atoms with Gasteiger partial charge in [0.1, 0.15) is 12.4 Å². The lowest BCUT2D eigenvalue weighted by Gasteiger charge is -2.46. The molecular formula is C26H34N6O. The molecule has 3 heterocycles. The Morgan fingerprint density at radius 1 is 0.939 bits per heavy atom. The fourth-order valence-electron chi connectivity index (χ4n) is 4.77.